The Labute approximate surface area is 111 Å². The molecule has 0 saturated heterocycles. The van der Waals surface area contributed by atoms with E-state index in [-0.39, 0.29) is 0 Å². The highest BCUT2D eigenvalue weighted by Crippen LogP contribution is 2.21. The molecule has 0 spiro atoms. The van der Waals surface area contributed by atoms with Gasteiger partial charge in [0.05, 0.1) is 0 Å². The van der Waals surface area contributed by atoms with Gasteiger partial charge in [0.25, 0.3) is 0 Å². The summed E-state index contributed by atoms with van der Waals surface area (Å²) in [5.74, 6) is 0. The second-order valence-electron chi connectivity index (χ2n) is 4.36. The van der Waals surface area contributed by atoms with Crippen LogP contribution in [0.2, 0.25) is 0 Å². The molecule has 0 aliphatic carbocycles. The second kappa shape index (κ2) is 7.65. The second-order valence-corrected chi connectivity index (χ2v) is 4.36. The minimum Gasteiger partial charge on any atom is -0.293 e. The molecule has 0 aromatic heterocycles. The first-order valence-corrected chi connectivity index (χ1v) is 6.65. The molecule has 96 valence electrons. The van der Waals surface area contributed by atoms with Crippen molar-refractivity contribution in [1.29, 1.82) is 0 Å². The maximum Gasteiger partial charge on any atom is 0.0361 e. The van der Waals surface area contributed by atoms with Gasteiger partial charge < -0.3 is 0 Å². The summed E-state index contributed by atoms with van der Waals surface area (Å²) in [5, 5.41) is 0. The topological polar surface area (TPSA) is 12.4 Å². The third kappa shape index (κ3) is 3.99. The lowest BCUT2D eigenvalue weighted by Crippen LogP contribution is -1.92. The van der Waals surface area contributed by atoms with Gasteiger partial charge in [-0.25, -0.2) is 0 Å². The summed E-state index contributed by atoms with van der Waals surface area (Å²) in [6.07, 6.45) is 6.13. The Hall–Kier alpha value is -1.63. The molecule has 1 nitrogen and oxygen atoms in total. The molecule has 1 aromatic rings. The zero-order chi connectivity index (χ0) is 13.4. The number of hydrogen-bond acceptors (Lipinski definition) is 1. The summed E-state index contributed by atoms with van der Waals surface area (Å²) < 4.78 is 0. The summed E-state index contributed by atoms with van der Waals surface area (Å²) in [6, 6.07) is 8.48. The van der Waals surface area contributed by atoms with E-state index in [0.29, 0.717) is 0 Å². The van der Waals surface area contributed by atoms with Crippen LogP contribution in [0.15, 0.2) is 41.4 Å². The zero-order valence-electron chi connectivity index (χ0n) is 11.7. The molecule has 0 saturated carbocycles. The van der Waals surface area contributed by atoms with E-state index in [4.69, 9.17) is 0 Å². The summed E-state index contributed by atoms with van der Waals surface area (Å²) in [6.45, 7) is 11.1. The molecule has 0 aliphatic rings. The molecule has 0 heterocycles. The lowest BCUT2D eigenvalue weighted by atomic mass is 9.97. The first-order valence-electron chi connectivity index (χ1n) is 6.65. The predicted molar refractivity (Wildman–Crippen MR) is 83.1 cm³/mol. The number of benzene rings is 1. The molecule has 18 heavy (non-hydrogen) atoms. The van der Waals surface area contributed by atoms with Crippen molar-refractivity contribution in [3.8, 4) is 0 Å². The van der Waals surface area contributed by atoms with E-state index in [1.807, 2.05) is 12.3 Å². The Morgan fingerprint density at radius 3 is 2.72 bits per heavy atom. The van der Waals surface area contributed by atoms with Crippen LogP contribution in [0.4, 0.5) is 0 Å². The third-order valence-electron chi connectivity index (χ3n) is 2.99. The Morgan fingerprint density at radius 1 is 1.33 bits per heavy atom. The molecular formula is C17H23N. The summed E-state index contributed by atoms with van der Waals surface area (Å²) in [7, 11) is 0. The van der Waals surface area contributed by atoms with Crippen LogP contribution in [0.1, 0.15) is 44.7 Å². The first-order chi connectivity index (χ1) is 8.72. The van der Waals surface area contributed by atoms with E-state index in [2.05, 4.69) is 56.6 Å². The van der Waals surface area contributed by atoms with Gasteiger partial charge in [-0.1, -0.05) is 44.2 Å². The first kappa shape index (κ1) is 14.4. The molecule has 0 N–H and O–H groups in total. The van der Waals surface area contributed by atoms with Gasteiger partial charge in [-0.3, -0.25) is 4.99 Å². The van der Waals surface area contributed by atoms with Gasteiger partial charge in [-0.05, 0) is 48.6 Å². The predicted octanol–water partition coefficient (Wildman–Crippen LogP) is 4.99. The summed E-state index contributed by atoms with van der Waals surface area (Å²) in [4.78, 5) is 4.38. The van der Waals surface area contributed by atoms with Crippen LogP contribution in [-0.2, 0) is 0 Å². The van der Waals surface area contributed by atoms with Crippen molar-refractivity contribution in [2.75, 3.05) is 6.54 Å². The van der Waals surface area contributed by atoms with E-state index in [0.717, 1.165) is 24.9 Å². The zero-order valence-corrected chi connectivity index (χ0v) is 11.7. The minimum absolute atomic E-state index is 0.840. The normalized spacial score (nSPS) is 12.6. The van der Waals surface area contributed by atoms with Crippen LogP contribution in [0.5, 0.6) is 0 Å². The summed E-state index contributed by atoms with van der Waals surface area (Å²) in [5.41, 5.74) is 5.08. The largest absolute Gasteiger partial charge is 0.293 e. The number of nitrogens with zero attached hydrogens (tertiary/aromatic N) is 1. The van der Waals surface area contributed by atoms with Gasteiger partial charge in [0, 0.05) is 12.8 Å². The fourth-order valence-corrected chi connectivity index (χ4v) is 1.90. The SMILES string of the molecule is C=Cc1cccc(/C(C)=C(/C=NCC)CCC)c1. The lowest BCUT2D eigenvalue weighted by molar-refractivity contribution is 0.937. The third-order valence-corrected chi connectivity index (χ3v) is 2.99. The maximum absolute atomic E-state index is 4.38. The summed E-state index contributed by atoms with van der Waals surface area (Å²) >= 11 is 0. The van der Waals surface area contributed by atoms with Crippen molar-refractivity contribution in [2.45, 2.75) is 33.6 Å². The standard InChI is InChI=1S/C17H23N/c1-5-9-17(13-18-7-3)14(4)16-11-8-10-15(6-2)12-16/h6,8,10-13H,2,5,7,9H2,1,3-4H3/b17-14+,18-13?. The highest BCUT2D eigenvalue weighted by molar-refractivity contribution is 5.90. The van der Waals surface area contributed by atoms with Crippen LogP contribution in [0, 0.1) is 0 Å². The number of hydrogen-bond donors (Lipinski definition) is 0. The minimum atomic E-state index is 0.840. The van der Waals surface area contributed by atoms with Crippen LogP contribution in [0.3, 0.4) is 0 Å². The van der Waals surface area contributed by atoms with Crippen LogP contribution in [-0.4, -0.2) is 12.8 Å². The molecule has 0 amide bonds. The lowest BCUT2D eigenvalue weighted by Gasteiger charge is -2.08. The van der Waals surface area contributed by atoms with Crippen LogP contribution in [0.25, 0.3) is 11.6 Å². The van der Waals surface area contributed by atoms with Gasteiger partial charge >= 0.3 is 0 Å². The molecule has 0 unspecified atom stereocenters. The van der Waals surface area contributed by atoms with E-state index in [1.165, 1.54) is 16.7 Å². The van der Waals surface area contributed by atoms with Crippen molar-refractivity contribution in [3.05, 3.63) is 47.5 Å². The average molecular weight is 241 g/mol. The Kier molecular flexibility index (Phi) is 6.13. The molecule has 0 atom stereocenters. The highest BCUT2D eigenvalue weighted by Gasteiger charge is 2.03. The van der Waals surface area contributed by atoms with Gasteiger partial charge in [-0.15, -0.1) is 0 Å². The van der Waals surface area contributed by atoms with Crippen molar-refractivity contribution >= 4 is 17.9 Å². The van der Waals surface area contributed by atoms with E-state index in [1.54, 1.807) is 0 Å². The average Bonchev–Trinajstić information content (AvgIpc) is 2.42. The molecule has 1 aromatic carbocycles. The molecule has 0 radical (unpaired) electrons. The number of aliphatic imine (C=N–C) groups is 1. The Morgan fingerprint density at radius 2 is 2.11 bits per heavy atom. The molecule has 1 rings (SSSR count). The van der Waals surface area contributed by atoms with Gasteiger partial charge in [0.2, 0.25) is 0 Å². The Balaban J connectivity index is 3.14. The van der Waals surface area contributed by atoms with Gasteiger partial charge in [0.15, 0.2) is 0 Å². The number of allylic oxidation sites excluding steroid dienone is 2. The van der Waals surface area contributed by atoms with Gasteiger partial charge in [0.1, 0.15) is 0 Å². The number of rotatable bonds is 6. The van der Waals surface area contributed by atoms with E-state index < -0.39 is 0 Å². The fraction of sp³-hybridized carbons (Fsp3) is 0.353. The van der Waals surface area contributed by atoms with Crippen molar-refractivity contribution in [2.24, 2.45) is 4.99 Å². The highest BCUT2D eigenvalue weighted by atomic mass is 14.7. The van der Waals surface area contributed by atoms with Crippen molar-refractivity contribution < 1.29 is 0 Å². The maximum atomic E-state index is 4.38. The Bertz CT molecular complexity index is 452. The van der Waals surface area contributed by atoms with Crippen molar-refractivity contribution in [1.82, 2.24) is 0 Å². The molecule has 0 aliphatic heterocycles. The van der Waals surface area contributed by atoms with E-state index >= 15 is 0 Å². The van der Waals surface area contributed by atoms with E-state index in [9.17, 15) is 0 Å². The molecular weight excluding hydrogens is 218 g/mol. The van der Waals surface area contributed by atoms with Crippen LogP contribution < -0.4 is 0 Å². The fourth-order valence-electron chi connectivity index (χ4n) is 1.90. The van der Waals surface area contributed by atoms with Crippen LogP contribution >= 0.6 is 0 Å². The quantitative estimate of drug-likeness (QED) is 0.622. The molecule has 0 bridgehead atoms. The molecule has 1 heteroatoms. The van der Waals surface area contributed by atoms with Gasteiger partial charge in [-0.2, -0.15) is 0 Å². The monoisotopic (exact) mass is 241 g/mol. The van der Waals surface area contributed by atoms with Crippen molar-refractivity contribution in [3.63, 3.8) is 0 Å². The smallest absolute Gasteiger partial charge is 0.0361 e. The molecule has 0 fully saturated rings.